The van der Waals surface area contributed by atoms with Gasteiger partial charge in [0.1, 0.15) is 5.69 Å². The van der Waals surface area contributed by atoms with Gasteiger partial charge in [-0.3, -0.25) is 15.0 Å². The molecule has 0 radical (unpaired) electrons. The van der Waals surface area contributed by atoms with Gasteiger partial charge >= 0.3 is 0 Å². The lowest BCUT2D eigenvalue weighted by atomic mass is 9.99. The molecule has 21 heavy (non-hydrogen) atoms. The summed E-state index contributed by atoms with van der Waals surface area (Å²) in [5.41, 5.74) is 9.74. The lowest BCUT2D eigenvalue weighted by Gasteiger charge is -2.28. The molecule has 0 aliphatic carbocycles. The van der Waals surface area contributed by atoms with Crippen molar-refractivity contribution in [3.8, 4) is 0 Å². The molecule has 3 rings (SSSR count). The number of fused-ring (bicyclic) bond motifs is 1. The second-order valence-electron chi connectivity index (χ2n) is 5.38. The normalized spacial score (nSPS) is 14.7. The highest BCUT2D eigenvalue weighted by Crippen LogP contribution is 2.25. The first-order chi connectivity index (χ1) is 10.1. The number of hydrogen-bond donors (Lipinski definition) is 1. The summed E-state index contributed by atoms with van der Waals surface area (Å²) in [5, 5.41) is 10.8. The minimum atomic E-state index is -0.448. The third-order valence-corrected chi connectivity index (χ3v) is 3.90. The number of nitro benzene ring substituents is 1. The number of rotatable bonds is 3. The van der Waals surface area contributed by atoms with Crippen molar-refractivity contribution < 1.29 is 4.92 Å². The summed E-state index contributed by atoms with van der Waals surface area (Å²) in [5.74, 6) is 0. The van der Waals surface area contributed by atoms with Crippen molar-refractivity contribution in [1.29, 1.82) is 0 Å². The largest absolute Gasteiger partial charge is 0.393 e. The van der Waals surface area contributed by atoms with Gasteiger partial charge in [0, 0.05) is 25.7 Å². The van der Waals surface area contributed by atoms with Crippen LogP contribution in [-0.2, 0) is 19.5 Å². The topological polar surface area (TPSA) is 72.4 Å². The lowest BCUT2D eigenvalue weighted by molar-refractivity contribution is -0.383. The molecule has 2 aromatic carbocycles. The molecule has 0 bridgehead atoms. The summed E-state index contributed by atoms with van der Waals surface area (Å²) in [6.07, 6.45) is 1.04. The average Bonchev–Trinajstić information content (AvgIpc) is 2.47. The van der Waals surface area contributed by atoms with E-state index >= 15 is 0 Å². The molecule has 0 amide bonds. The Morgan fingerprint density at radius 1 is 1.19 bits per heavy atom. The molecule has 1 aliphatic heterocycles. The Bertz CT molecular complexity index is 685. The molecule has 0 spiro atoms. The Morgan fingerprint density at radius 2 is 1.95 bits per heavy atom. The molecule has 2 aromatic rings. The first-order valence-electron chi connectivity index (χ1n) is 6.95. The molecule has 1 heterocycles. The van der Waals surface area contributed by atoms with Crippen LogP contribution in [0, 0.1) is 10.1 Å². The summed E-state index contributed by atoms with van der Waals surface area (Å²) in [4.78, 5) is 12.7. The van der Waals surface area contributed by atoms with Crippen molar-refractivity contribution in [2.75, 3.05) is 12.3 Å². The van der Waals surface area contributed by atoms with Crippen LogP contribution in [0.4, 0.5) is 11.4 Å². The molecular weight excluding hydrogens is 266 g/mol. The minimum Gasteiger partial charge on any atom is -0.393 e. The minimum absolute atomic E-state index is 0.0252. The van der Waals surface area contributed by atoms with E-state index in [-0.39, 0.29) is 11.4 Å². The average molecular weight is 283 g/mol. The van der Waals surface area contributed by atoms with Gasteiger partial charge in [-0.1, -0.05) is 30.3 Å². The van der Waals surface area contributed by atoms with Gasteiger partial charge in [-0.2, -0.15) is 0 Å². The molecule has 0 aromatic heterocycles. The third-order valence-electron chi connectivity index (χ3n) is 3.90. The van der Waals surface area contributed by atoms with Crippen molar-refractivity contribution in [2.45, 2.75) is 19.5 Å². The standard InChI is InChI=1S/C16H17N3O2/c17-15-9-12(5-6-16(15)19(20)21)10-18-8-7-13-3-1-2-4-14(13)11-18/h1-6,9H,7-8,10-11,17H2. The monoisotopic (exact) mass is 283 g/mol. The fourth-order valence-electron chi connectivity index (χ4n) is 2.82. The van der Waals surface area contributed by atoms with E-state index < -0.39 is 4.92 Å². The number of nitrogens with zero attached hydrogens (tertiary/aromatic N) is 2. The molecule has 0 saturated carbocycles. The van der Waals surface area contributed by atoms with Crippen LogP contribution in [0.3, 0.4) is 0 Å². The van der Waals surface area contributed by atoms with Crippen LogP contribution in [0.1, 0.15) is 16.7 Å². The molecule has 5 heteroatoms. The fraction of sp³-hybridized carbons (Fsp3) is 0.250. The van der Waals surface area contributed by atoms with Crippen LogP contribution in [0.25, 0.3) is 0 Å². The number of anilines is 1. The van der Waals surface area contributed by atoms with E-state index in [1.807, 2.05) is 0 Å². The first kappa shape index (κ1) is 13.6. The summed E-state index contributed by atoms with van der Waals surface area (Å²) in [6.45, 7) is 2.66. The van der Waals surface area contributed by atoms with Crippen molar-refractivity contribution in [2.24, 2.45) is 0 Å². The third kappa shape index (κ3) is 2.87. The maximum absolute atomic E-state index is 10.8. The van der Waals surface area contributed by atoms with Crippen LogP contribution in [0.15, 0.2) is 42.5 Å². The summed E-state index contributed by atoms with van der Waals surface area (Å²) < 4.78 is 0. The van der Waals surface area contributed by atoms with E-state index in [0.29, 0.717) is 0 Å². The predicted molar refractivity (Wildman–Crippen MR) is 81.8 cm³/mol. The zero-order chi connectivity index (χ0) is 14.8. The number of nitrogens with two attached hydrogens (primary N) is 1. The van der Waals surface area contributed by atoms with Crippen LogP contribution in [0.2, 0.25) is 0 Å². The van der Waals surface area contributed by atoms with Crippen LogP contribution >= 0.6 is 0 Å². The van der Waals surface area contributed by atoms with Crippen LogP contribution in [-0.4, -0.2) is 16.4 Å². The maximum atomic E-state index is 10.8. The van der Waals surface area contributed by atoms with E-state index in [2.05, 4.69) is 29.2 Å². The second kappa shape index (κ2) is 5.54. The van der Waals surface area contributed by atoms with Gasteiger partial charge in [-0.25, -0.2) is 0 Å². The Labute approximate surface area is 123 Å². The fourth-order valence-corrected chi connectivity index (χ4v) is 2.82. The van der Waals surface area contributed by atoms with Gasteiger partial charge in [0.15, 0.2) is 0 Å². The summed E-state index contributed by atoms with van der Waals surface area (Å²) in [6, 6.07) is 13.5. The van der Waals surface area contributed by atoms with Gasteiger partial charge in [-0.15, -0.1) is 0 Å². The maximum Gasteiger partial charge on any atom is 0.292 e. The number of nitrogen functional groups attached to an aromatic ring is 1. The highest BCUT2D eigenvalue weighted by Gasteiger charge is 2.17. The smallest absolute Gasteiger partial charge is 0.292 e. The first-order valence-corrected chi connectivity index (χ1v) is 6.95. The number of hydrogen-bond acceptors (Lipinski definition) is 4. The summed E-state index contributed by atoms with van der Waals surface area (Å²) >= 11 is 0. The van der Waals surface area contributed by atoms with E-state index in [0.717, 1.165) is 31.6 Å². The van der Waals surface area contributed by atoms with Crippen molar-refractivity contribution in [1.82, 2.24) is 4.90 Å². The zero-order valence-corrected chi connectivity index (χ0v) is 11.7. The van der Waals surface area contributed by atoms with E-state index in [4.69, 9.17) is 5.73 Å². The van der Waals surface area contributed by atoms with Gasteiger partial charge in [0.2, 0.25) is 0 Å². The second-order valence-corrected chi connectivity index (χ2v) is 5.38. The van der Waals surface area contributed by atoms with Crippen molar-refractivity contribution in [3.63, 3.8) is 0 Å². The van der Waals surface area contributed by atoms with E-state index in [1.54, 1.807) is 12.1 Å². The van der Waals surface area contributed by atoms with Gasteiger partial charge in [0.05, 0.1) is 4.92 Å². The lowest BCUT2D eigenvalue weighted by Crippen LogP contribution is -2.29. The van der Waals surface area contributed by atoms with E-state index in [9.17, 15) is 10.1 Å². The Balaban J connectivity index is 1.73. The van der Waals surface area contributed by atoms with Crippen LogP contribution in [0.5, 0.6) is 0 Å². The molecule has 0 unspecified atom stereocenters. The van der Waals surface area contributed by atoms with Gasteiger partial charge < -0.3 is 5.73 Å². The molecule has 0 atom stereocenters. The van der Waals surface area contributed by atoms with Gasteiger partial charge in [0.25, 0.3) is 5.69 Å². The summed E-state index contributed by atoms with van der Waals surface area (Å²) in [7, 11) is 0. The number of nitro groups is 1. The van der Waals surface area contributed by atoms with Crippen molar-refractivity contribution in [3.05, 3.63) is 69.3 Å². The van der Waals surface area contributed by atoms with Gasteiger partial charge in [-0.05, 0) is 29.2 Å². The molecule has 1 aliphatic rings. The van der Waals surface area contributed by atoms with E-state index in [1.165, 1.54) is 17.2 Å². The molecule has 2 N–H and O–H groups in total. The number of benzene rings is 2. The molecule has 0 saturated heterocycles. The SMILES string of the molecule is Nc1cc(CN2CCc3ccccc3C2)ccc1[N+](=O)[O-]. The Kier molecular flexibility index (Phi) is 3.58. The highest BCUT2D eigenvalue weighted by atomic mass is 16.6. The zero-order valence-electron chi connectivity index (χ0n) is 11.7. The predicted octanol–water partition coefficient (Wildman–Crippen LogP) is 2.74. The molecular formula is C16H17N3O2. The molecule has 5 nitrogen and oxygen atoms in total. The highest BCUT2D eigenvalue weighted by molar-refractivity contribution is 5.59. The van der Waals surface area contributed by atoms with Crippen molar-refractivity contribution >= 4 is 11.4 Å². The molecule has 0 fully saturated rings. The Morgan fingerprint density at radius 3 is 2.67 bits per heavy atom. The molecule has 108 valence electrons. The quantitative estimate of drug-likeness (QED) is 0.534. The van der Waals surface area contributed by atoms with Crippen LogP contribution < -0.4 is 5.73 Å². The Hall–Kier alpha value is -2.40.